The van der Waals surface area contributed by atoms with E-state index in [2.05, 4.69) is 11.8 Å². The number of hydrogen-bond acceptors (Lipinski definition) is 4. The van der Waals surface area contributed by atoms with Crippen molar-refractivity contribution in [2.24, 2.45) is 0 Å². The van der Waals surface area contributed by atoms with Crippen molar-refractivity contribution in [3.8, 4) is 23.3 Å². The normalized spacial score (nSPS) is 8.62. The van der Waals surface area contributed by atoms with Gasteiger partial charge in [0.15, 0.2) is 17.8 Å². The topological polar surface area (TPSA) is 52.6 Å². The molecule has 0 bridgehead atoms. The Morgan fingerprint density at radius 1 is 1.19 bits per heavy atom. The Morgan fingerprint density at radius 3 is 2.44 bits per heavy atom. The summed E-state index contributed by atoms with van der Waals surface area (Å²) in [6, 6.07) is 3.07. The third-order valence-electron chi connectivity index (χ3n) is 1.90. The van der Waals surface area contributed by atoms with Crippen molar-refractivity contribution < 1.29 is 19.1 Å². The molecule has 1 aromatic rings. The Bertz CT molecular complexity index is 466. The van der Waals surface area contributed by atoms with E-state index in [1.165, 1.54) is 26.4 Å². The summed E-state index contributed by atoms with van der Waals surface area (Å²) >= 11 is 0. The van der Waals surface area contributed by atoms with Crippen LogP contribution in [0.5, 0.6) is 11.5 Å². The fourth-order valence-corrected chi connectivity index (χ4v) is 1.25. The molecule has 0 aromatic heterocycles. The molecule has 0 saturated heterocycles. The van der Waals surface area contributed by atoms with Crippen molar-refractivity contribution in [2.75, 3.05) is 14.2 Å². The molecule has 0 N–H and O–H groups in total. The Balaban J connectivity index is 3.41. The number of hydrogen-bond donors (Lipinski definition) is 0. The fourth-order valence-electron chi connectivity index (χ4n) is 1.25. The van der Waals surface area contributed by atoms with Gasteiger partial charge in [-0.3, -0.25) is 9.59 Å². The zero-order chi connectivity index (χ0) is 12.0. The van der Waals surface area contributed by atoms with Crippen LogP contribution in [-0.4, -0.2) is 26.8 Å². The van der Waals surface area contributed by atoms with Crippen LogP contribution in [0.1, 0.15) is 15.9 Å². The van der Waals surface area contributed by atoms with E-state index in [0.29, 0.717) is 35.2 Å². The molecule has 4 nitrogen and oxygen atoms in total. The number of carbonyl (C=O) groups is 2. The number of rotatable bonds is 3. The van der Waals surface area contributed by atoms with Gasteiger partial charge in [-0.25, -0.2) is 0 Å². The minimum atomic E-state index is 0.405. The smallest absolute Gasteiger partial charge is 0.193 e. The predicted molar refractivity (Wildman–Crippen MR) is 57.9 cm³/mol. The maximum atomic E-state index is 10.7. The Kier molecular flexibility index (Phi) is 4.10. The van der Waals surface area contributed by atoms with E-state index in [4.69, 9.17) is 9.47 Å². The van der Waals surface area contributed by atoms with Crippen LogP contribution in [-0.2, 0) is 4.79 Å². The maximum absolute atomic E-state index is 10.7. The van der Waals surface area contributed by atoms with Crippen LogP contribution in [0.3, 0.4) is 0 Å². The van der Waals surface area contributed by atoms with Crippen molar-refractivity contribution in [1.82, 2.24) is 0 Å². The van der Waals surface area contributed by atoms with Gasteiger partial charge in [0, 0.05) is 5.56 Å². The van der Waals surface area contributed by atoms with Crippen molar-refractivity contribution in [1.29, 1.82) is 0 Å². The molecule has 0 atom stereocenters. The van der Waals surface area contributed by atoms with Crippen LogP contribution >= 0.6 is 0 Å². The lowest BCUT2D eigenvalue weighted by Gasteiger charge is -2.09. The molecular weight excluding hydrogens is 208 g/mol. The van der Waals surface area contributed by atoms with Gasteiger partial charge < -0.3 is 9.47 Å². The second-order valence-electron chi connectivity index (χ2n) is 2.81. The van der Waals surface area contributed by atoms with Gasteiger partial charge in [0.2, 0.25) is 0 Å². The third-order valence-corrected chi connectivity index (χ3v) is 1.90. The number of aldehydes is 2. The molecule has 0 aliphatic carbocycles. The molecule has 4 heteroatoms. The van der Waals surface area contributed by atoms with Crippen LogP contribution in [0.25, 0.3) is 0 Å². The first-order valence-corrected chi connectivity index (χ1v) is 4.43. The second-order valence-corrected chi connectivity index (χ2v) is 2.81. The van der Waals surface area contributed by atoms with Crippen molar-refractivity contribution in [2.45, 2.75) is 0 Å². The monoisotopic (exact) mass is 218 g/mol. The average Bonchev–Trinajstić information content (AvgIpc) is 2.34. The molecule has 0 aliphatic heterocycles. The molecular formula is C12H10O4. The number of carbonyl (C=O) groups excluding carboxylic acids is 2. The first-order chi connectivity index (χ1) is 7.76. The lowest BCUT2D eigenvalue weighted by molar-refractivity contribution is -0.103. The number of methoxy groups -OCH3 is 2. The molecule has 16 heavy (non-hydrogen) atoms. The van der Waals surface area contributed by atoms with Gasteiger partial charge >= 0.3 is 0 Å². The average molecular weight is 218 g/mol. The summed E-state index contributed by atoms with van der Waals surface area (Å²) in [5, 5.41) is 0. The van der Waals surface area contributed by atoms with Crippen LogP contribution in [0.15, 0.2) is 12.1 Å². The van der Waals surface area contributed by atoms with Crippen LogP contribution in [0, 0.1) is 11.8 Å². The van der Waals surface area contributed by atoms with Gasteiger partial charge in [-0.2, -0.15) is 0 Å². The Labute approximate surface area is 93.2 Å². The summed E-state index contributed by atoms with van der Waals surface area (Å²) in [5.74, 6) is 5.65. The largest absolute Gasteiger partial charge is 0.493 e. The SMILES string of the molecule is COc1cc(C=O)cc(C#CC=O)c1OC. The highest BCUT2D eigenvalue weighted by Crippen LogP contribution is 2.31. The van der Waals surface area contributed by atoms with Crippen LogP contribution < -0.4 is 9.47 Å². The highest BCUT2D eigenvalue weighted by molar-refractivity contribution is 5.80. The molecule has 0 fully saturated rings. The molecule has 82 valence electrons. The van der Waals surface area contributed by atoms with E-state index in [-0.39, 0.29) is 0 Å². The van der Waals surface area contributed by atoms with E-state index in [9.17, 15) is 9.59 Å². The van der Waals surface area contributed by atoms with Gasteiger partial charge in [-0.05, 0) is 18.1 Å². The van der Waals surface area contributed by atoms with E-state index < -0.39 is 0 Å². The zero-order valence-electron chi connectivity index (χ0n) is 8.94. The van der Waals surface area contributed by atoms with Crippen LogP contribution in [0.4, 0.5) is 0 Å². The van der Waals surface area contributed by atoms with Gasteiger partial charge in [-0.15, -0.1) is 0 Å². The summed E-state index contributed by atoms with van der Waals surface area (Å²) in [7, 11) is 2.92. The number of ether oxygens (including phenoxy) is 2. The third kappa shape index (κ3) is 2.39. The summed E-state index contributed by atoms with van der Waals surface area (Å²) in [6.07, 6.45) is 1.15. The summed E-state index contributed by atoms with van der Waals surface area (Å²) in [4.78, 5) is 20.9. The summed E-state index contributed by atoms with van der Waals surface area (Å²) < 4.78 is 10.2. The molecule has 0 aliphatic rings. The molecule has 0 radical (unpaired) electrons. The maximum Gasteiger partial charge on any atom is 0.193 e. The van der Waals surface area contributed by atoms with Gasteiger partial charge in [0.25, 0.3) is 0 Å². The van der Waals surface area contributed by atoms with E-state index in [1.54, 1.807) is 0 Å². The van der Waals surface area contributed by atoms with Gasteiger partial charge in [0.1, 0.15) is 6.29 Å². The summed E-state index contributed by atoms with van der Waals surface area (Å²) in [5.41, 5.74) is 0.851. The van der Waals surface area contributed by atoms with Crippen LogP contribution in [0.2, 0.25) is 0 Å². The molecule has 0 spiro atoms. The molecule has 0 amide bonds. The number of benzene rings is 1. The van der Waals surface area contributed by atoms with Crippen molar-refractivity contribution in [3.63, 3.8) is 0 Å². The van der Waals surface area contributed by atoms with E-state index in [0.717, 1.165) is 0 Å². The fraction of sp³-hybridized carbons (Fsp3) is 0.167. The summed E-state index contributed by atoms with van der Waals surface area (Å²) in [6.45, 7) is 0. The minimum Gasteiger partial charge on any atom is -0.493 e. The first-order valence-electron chi connectivity index (χ1n) is 4.43. The predicted octanol–water partition coefficient (Wildman–Crippen LogP) is 1.07. The molecule has 0 unspecified atom stereocenters. The molecule has 1 rings (SSSR count). The Hall–Kier alpha value is -2.28. The van der Waals surface area contributed by atoms with E-state index in [1.807, 2.05) is 0 Å². The highest BCUT2D eigenvalue weighted by atomic mass is 16.5. The first kappa shape index (κ1) is 11.8. The second kappa shape index (κ2) is 5.56. The standard InChI is InChI=1S/C12H10O4/c1-15-11-7-9(8-14)6-10(4-3-5-13)12(11)16-2/h5-8H,1-2H3. The molecule has 0 heterocycles. The molecule has 1 aromatic carbocycles. The van der Waals surface area contributed by atoms with Crippen molar-refractivity contribution in [3.05, 3.63) is 23.3 Å². The zero-order valence-corrected chi connectivity index (χ0v) is 8.94. The lowest BCUT2D eigenvalue weighted by Crippen LogP contribution is -1.96. The lowest BCUT2D eigenvalue weighted by atomic mass is 10.1. The van der Waals surface area contributed by atoms with E-state index >= 15 is 0 Å². The quantitative estimate of drug-likeness (QED) is 0.562. The minimum absolute atomic E-state index is 0.405. The highest BCUT2D eigenvalue weighted by Gasteiger charge is 2.10. The van der Waals surface area contributed by atoms with Crippen molar-refractivity contribution >= 4 is 12.6 Å². The molecule has 0 saturated carbocycles. The van der Waals surface area contributed by atoms with Gasteiger partial charge in [0.05, 0.1) is 19.8 Å². The van der Waals surface area contributed by atoms with Gasteiger partial charge in [-0.1, -0.05) is 5.92 Å². The Morgan fingerprint density at radius 2 is 1.94 bits per heavy atom.